The maximum Gasteiger partial charge on any atom is 0.405 e. The first-order valence-electron chi connectivity index (χ1n) is 14.4. The van der Waals surface area contributed by atoms with E-state index in [1.165, 1.54) is 20.3 Å². The number of anilines is 1. The highest BCUT2D eigenvalue weighted by molar-refractivity contribution is 6.04. The average molecular weight is 603 g/mol. The van der Waals surface area contributed by atoms with E-state index in [1.54, 1.807) is 43.5 Å². The van der Waals surface area contributed by atoms with E-state index in [0.29, 0.717) is 41.8 Å². The number of nitrogens with two attached hydrogens (primary N) is 2. The van der Waals surface area contributed by atoms with Crippen LogP contribution in [0.25, 0.3) is 0 Å². The number of amides is 2. The quantitative estimate of drug-likeness (QED) is 0.124. The Balaban J connectivity index is 2.63. The van der Waals surface area contributed by atoms with Crippen LogP contribution in [-0.4, -0.2) is 72.5 Å². The SMILES string of the molecule is C=CC[NH2+]c1c(O)cc2c(O)c1C[C@@H](C)C[C@H](OC)[C@H](O)[C@@H](C)/C=C(\C)[C@H](OC(N)=O)C[C@@H](OC)/C=C\C=C(/C)C(=O)N2. The largest absolute Gasteiger partial charge is 0.505 e. The third-order valence-electron chi connectivity index (χ3n) is 7.64. The van der Waals surface area contributed by atoms with E-state index >= 15 is 0 Å². The summed E-state index contributed by atoms with van der Waals surface area (Å²) in [4.78, 5) is 24.7. The van der Waals surface area contributed by atoms with Crippen molar-refractivity contribution in [2.75, 3.05) is 26.1 Å². The van der Waals surface area contributed by atoms with Gasteiger partial charge in [-0.15, -0.1) is 0 Å². The zero-order chi connectivity index (χ0) is 32.3. The van der Waals surface area contributed by atoms with Crippen molar-refractivity contribution >= 4 is 23.4 Å². The van der Waals surface area contributed by atoms with Gasteiger partial charge in [0.25, 0.3) is 5.91 Å². The van der Waals surface area contributed by atoms with Crippen molar-refractivity contribution in [1.82, 2.24) is 0 Å². The number of nitrogens with one attached hydrogen (secondary N) is 1. The summed E-state index contributed by atoms with van der Waals surface area (Å²) in [6.07, 6.45) is 5.82. The van der Waals surface area contributed by atoms with Crippen LogP contribution in [0.2, 0.25) is 0 Å². The molecule has 11 heteroatoms. The van der Waals surface area contributed by atoms with Crippen LogP contribution in [0.4, 0.5) is 16.2 Å². The molecule has 0 spiro atoms. The van der Waals surface area contributed by atoms with Crippen LogP contribution in [0, 0.1) is 11.8 Å². The number of hydrogen-bond acceptors (Lipinski definition) is 8. The second-order valence-electron chi connectivity index (χ2n) is 11.1. The van der Waals surface area contributed by atoms with Gasteiger partial charge in [0.05, 0.1) is 36.1 Å². The monoisotopic (exact) mass is 602 g/mol. The molecule has 1 aliphatic rings. The summed E-state index contributed by atoms with van der Waals surface area (Å²) < 4.78 is 16.7. The molecule has 8 N–H and O–H groups in total. The molecule has 1 aromatic carbocycles. The number of allylic oxidation sites excluding steroid dienone is 2. The van der Waals surface area contributed by atoms with Crippen molar-refractivity contribution in [2.45, 2.75) is 71.4 Å². The van der Waals surface area contributed by atoms with Crippen molar-refractivity contribution in [3.8, 4) is 11.5 Å². The highest BCUT2D eigenvalue weighted by atomic mass is 16.6. The molecule has 43 heavy (non-hydrogen) atoms. The fourth-order valence-electron chi connectivity index (χ4n) is 5.17. The Kier molecular flexibility index (Phi) is 13.9. The first-order valence-corrected chi connectivity index (χ1v) is 14.4. The highest BCUT2D eigenvalue weighted by Crippen LogP contribution is 2.40. The summed E-state index contributed by atoms with van der Waals surface area (Å²) in [7, 11) is 3.03. The fourth-order valence-corrected chi connectivity index (χ4v) is 5.17. The number of benzene rings is 1. The maximum absolute atomic E-state index is 13.0. The van der Waals surface area contributed by atoms with E-state index in [-0.39, 0.29) is 35.4 Å². The minimum atomic E-state index is -0.933. The van der Waals surface area contributed by atoms with Gasteiger partial charge in [-0.1, -0.05) is 44.7 Å². The Labute approximate surface area is 254 Å². The lowest BCUT2D eigenvalue weighted by atomic mass is 9.87. The lowest BCUT2D eigenvalue weighted by Crippen LogP contribution is -2.78. The molecule has 0 saturated heterocycles. The Morgan fingerprint density at radius 1 is 1.21 bits per heavy atom. The number of hydrogen-bond donors (Lipinski definition) is 6. The number of primary amides is 1. The van der Waals surface area contributed by atoms with Crippen LogP contribution in [0.1, 0.15) is 46.1 Å². The number of carbonyl (C=O) groups excluding carboxylic acids is 2. The Hall–Kier alpha value is -3.64. The number of ether oxygens (including phenoxy) is 3. The summed E-state index contributed by atoms with van der Waals surface area (Å²) in [6, 6.07) is 1.32. The van der Waals surface area contributed by atoms with Gasteiger partial charge in [0.2, 0.25) is 0 Å². The molecular formula is C32H48N3O8+. The molecule has 0 aliphatic carbocycles. The molecule has 2 amide bonds. The molecule has 11 nitrogen and oxygen atoms in total. The molecule has 2 rings (SSSR count). The Morgan fingerprint density at radius 2 is 1.91 bits per heavy atom. The zero-order valence-corrected chi connectivity index (χ0v) is 26.0. The van der Waals surface area contributed by atoms with Crippen LogP contribution < -0.4 is 16.4 Å². The normalized spacial score (nSPS) is 29.2. The molecule has 0 unspecified atom stereocenters. The predicted octanol–water partition coefficient (Wildman–Crippen LogP) is 3.33. The lowest BCUT2D eigenvalue weighted by molar-refractivity contribution is -0.562. The maximum atomic E-state index is 13.0. The van der Waals surface area contributed by atoms with E-state index in [4.69, 9.17) is 19.9 Å². The number of fused-ring (bicyclic) bond motifs is 2. The van der Waals surface area contributed by atoms with Gasteiger partial charge in [-0.25, -0.2) is 4.79 Å². The predicted molar refractivity (Wildman–Crippen MR) is 165 cm³/mol. The topological polar surface area (TPSA) is 177 Å². The second-order valence-corrected chi connectivity index (χ2v) is 11.1. The fraction of sp³-hybridized carbons (Fsp3) is 0.500. The number of phenolic OH excluding ortho intramolecular Hbond substituents is 2. The summed E-state index contributed by atoms with van der Waals surface area (Å²) in [5.74, 6) is -1.21. The van der Waals surface area contributed by atoms with Crippen molar-refractivity contribution < 1.29 is 44.4 Å². The third-order valence-corrected chi connectivity index (χ3v) is 7.64. The van der Waals surface area contributed by atoms with Crippen LogP contribution in [0.15, 0.2) is 54.2 Å². The zero-order valence-electron chi connectivity index (χ0n) is 26.0. The van der Waals surface area contributed by atoms with Gasteiger partial charge in [-0.05, 0) is 44.3 Å². The molecule has 0 fully saturated rings. The first-order chi connectivity index (χ1) is 20.3. The van der Waals surface area contributed by atoms with Gasteiger partial charge in [0.1, 0.15) is 11.9 Å². The summed E-state index contributed by atoms with van der Waals surface area (Å²) in [6.45, 7) is 11.4. The van der Waals surface area contributed by atoms with Gasteiger partial charge >= 0.3 is 6.09 Å². The van der Waals surface area contributed by atoms with Gasteiger partial charge in [-0.3, -0.25) is 4.79 Å². The van der Waals surface area contributed by atoms with E-state index < -0.39 is 36.4 Å². The minimum Gasteiger partial charge on any atom is -0.505 e. The molecular weight excluding hydrogens is 554 g/mol. The van der Waals surface area contributed by atoms with Gasteiger partial charge < -0.3 is 45.9 Å². The number of carbonyl (C=O) groups is 2. The van der Waals surface area contributed by atoms with Crippen molar-refractivity contribution in [3.05, 3.63) is 59.7 Å². The third kappa shape index (κ3) is 10.2. The number of methoxy groups -OCH3 is 2. The van der Waals surface area contributed by atoms with E-state index in [9.17, 15) is 24.9 Å². The molecule has 1 heterocycles. The van der Waals surface area contributed by atoms with E-state index in [1.807, 2.05) is 19.9 Å². The van der Waals surface area contributed by atoms with Crippen molar-refractivity contribution in [3.63, 3.8) is 0 Å². The second kappa shape index (κ2) is 16.9. The van der Waals surface area contributed by atoms with Crippen molar-refractivity contribution in [1.29, 1.82) is 0 Å². The average Bonchev–Trinajstić information content (AvgIpc) is 2.95. The number of phenols is 2. The highest BCUT2D eigenvalue weighted by Gasteiger charge is 2.29. The number of quaternary nitrogens is 1. The number of aromatic hydroxyl groups is 2. The summed E-state index contributed by atoms with van der Waals surface area (Å²) >= 11 is 0. The molecule has 2 bridgehead atoms. The minimum absolute atomic E-state index is 0.0744. The Bertz CT molecular complexity index is 1230. The first kappa shape index (κ1) is 35.6. The molecule has 1 aromatic rings. The Morgan fingerprint density at radius 3 is 2.51 bits per heavy atom. The molecule has 0 radical (unpaired) electrons. The van der Waals surface area contributed by atoms with Gasteiger partial charge in [-0.2, -0.15) is 0 Å². The lowest BCUT2D eigenvalue weighted by Gasteiger charge is -2.29. The number of rotatable bonds is 6. The standard InChI is InChI=1S/C32H47N3O8/c1-8-12-34-28-23-13-18(2)14-27(42-7)29(37)21(5)15-20(4)26(43-32(33)40)16-22(41-6)11-9-10-19(3)31(39)35-24(30(23)38)17-25(28)36/h8-11,15,17-18,21-22,26-27,29,34,36-38H,1,12-14,16H2,2-7H3,(H2,33,40)(H,35,39)/p+1/b11-9-,19-10+,20-15+/t18-,21+,22+,26-,27+,29-/m1/s1. The van der Waals surface area contributed by atoms with Crippen LogP contribution in [-0.2, 0) is 25.4 Å². The number of aliphatic hydroxyl groups is 1. The molecule has 0 aromatic heterocycles. The smallest absolute Gasteiger partial charge is 0.405 e. The molecule has 1 aliphatic heterocycles. The van der Waals surface area contributed by atoms with Gasteiger partial charge in [0.15, 0.2) is 11.4 Å². The van der Waals surface area contributed by atoms with Crippen molar-refractivity contribution in [2.24, 2.45) is 17.6 Å². The molecule has 238 valence electrons. The van der Waals surface area contributed by atoms with Crippen LogP contribution in [0.3, 0.4) is 0 Å². The van der Waals surface area contributed by atoms with Crippen LogP contribution in [0.5, 0.6) is 11.5 Å². The summed E-state index contributed by atoms with van der Waals surface area (Å²) in [5, 5.41) is 37.9. The van der Waals surface area contributed by atoms with E-state index in [0.717, 1.165) is 0 Å². The van der Waals surface area contributed by atoms with E-state index in [2.05, 4.69) is 11.9 Å². The van der Waals surface area contributed by atoms with Crippen LogP contribution >= 0.6 is 0 Å². The van der Waals surface area contributed by atoms with Gasteiger partial charge in [0, 0.05) is 38.2 Å². The molecule has 0 saturated carbocycles. The number of aliphatic hydroxyl groups excluding tert-OH is 1. The summed E-state index contributed by atoms with van der Waals surface area (Å²) in [5.41, 5.74) is 7.36. The molecule has 6 atom stereocenters.